The van der Waals surface area contributed by atoms with Crippen molar-refractivity contribution >= 4 is 11.8 Å². The number of aromatic hydroxyl groups is 1. The third-order valence-electron chi connectivity index (χ3n) is 4.86. The summed E-state index contributed by atoms with van der Waals surface area (Å²) in [5, 5.41) is 16.1. The zero-order valence-electron chi connectivity index (χ0n) is 15.8. The molecule has 6 nitrogen and oxygen atoms in total. The number of rotatable bonds is 8. The Morgan fingerprint density at radius 1 is 1.12 bits per heavy atom. The summed E-state index contributed by atoms with van der Waals surface area (Å²) >= 11 is 0. The van der Waals surface area contributed by atoms with Gasteiger partial charge in [0.15, 0.2) is 0 Å². The molecule has 0 saturated heterocycles. The zero-order chi connectivity index (χ0) is 18.4. The van der Waals surface area contributed by atoms with E-state index < -0.39 is 0 Å². The van der Waals surface area contributed by atoms with Crippen LogP contribution >= 0.6 is 0 Å². The largest absolute Gasteiger partial charge is 0.508 e. The Balaban J connectivity index is 1.84. The maximum absolute atomic E-state index is 9.44. The molecule has 0 saturated carbocycles. The van der Waals surface area contributed by atoms with Gasteiger partial charge in [-0.05, 0) is 57.4 Å². The first-order chi connectivity index (χ1) is 12.7. The van der Waals surface area contributed by atoms with Crippen LogP contribution in [-0.4, -0.2) is 41.8 Å². The summed E-state index contributed by atoms with van der Waals surface area (Å²) in [5.74, 6) is 2.07. The lowest BCUT2D eigenvalue weighted by molar-refractivity contribution is 0.475. The van der Waals surface area contributed by atoms with E-state index in [0.717, 1.165) is 49.8 Å². The van der Waals surface area contributed by atoms with Gasteiger partial charge in [0.05, 0.1) is 5.69 Å². The predicted octanol–water partition coefficient (Wildman–Crippen LogP) is 2.72. The molecule has 0 unspecified atom stereocenters. The molecule has 0 atom stereocenters. The summed E-state index contributed by atoms with van der Waals surface area (Å²) in [6.07, 6.45) is 4.46. The minimum absolute atomic E-state index is 0.290. The third-order valence-corrected chi connectivity index (χ3v) is 4.86. The fraction of sp³-hybridized carbons (Fsp3) is 0.500. The van der Waals surface area contributed by atoms with Crippen LogP contribution in [0.15, 0.2) is 24.3 Å². The van der Waals surface area contributed by atoms with E-state index in [1.54, 1.807) is 12.1 Å². The number of likely N-dealkylation sites (N-methyl/N-ethyl adjacent to an activating group) is 2. The fourth-order valence-corrected chi connectivity index (χ4v) is 3.31. The third kappa shape index (κ3) is 4.43. The molecule has 6 heteroatoms. The van der Waals surface area contributed by atoms with E-state index in [2.05, 4.69) is 22.5 Å². The highest BCUT2D eigenvalue weighted by atomic mass is 16.3. The van der Waals surface area contributed by atoms with Gasteiger partial charge in [0.25, 0.3) is 0 Å². The molecule has 1 aromatic carbocycles. The van der Waals surface area contributed by atoms with E-state index in [4.69, 9.17) is 9.97 Å². The molecular weight excluding hydrogens is 326 g/mol. The van der Waals surface area contributed by atoms with E-state index in [-0.39, 0.29) is 0 Å². The molecule has 1 aliphatic rings. The van der Waals surface area contributed by atoms with E-state index >= 15 is 0 Å². The van der Waals surface area contributed by atoms with Crippen LogP contribution < -0.4 is 15.5 Å². The highest BCUT2D eigenvalue weighted by molar-refractivity contribution is 5.52. The highest BCUT2D eigenvalue weighted by Crippen LogP contribution is 2.28. The second-order valence-electron chi connectivity index (χ2n) is 6.71. The van der Waals surface area contributed by atoms with Gasteiger partial charge in [0.1, 0.15) is 11.6 Å². The smallest absolute Gasteiger partial charge is 0.227 e. The molecule has 1 heterocycles. The van der Waals surface area contributed by atoms with E-state index in [9.17, 15) is 5.11 Å². The Bertz CT molecular complexity index is 717. The number of fused-ring (bicyclic) bond motifs is 1. The van der Waals surface area contributed by atoms with Crippen molar-refractivity contribution in [1.29, 1.82) is 0 Å². The summed E-state index contributed by atoms with van der Waals surface area (Å²) < 4.78 is 0. The van der Waals surface area contributed by atoms with Gasteiger partial charge in [-0.25, -0.2) is 4.98 Å². The number of aryl methyl sites for hydroxylation is 1. The van der Waals surface area contributed by atoms with Gasteiger partial charge in [-0.2, -0.15) is 4.98 Å². The molecule has 0 aliphatic heterocycles. The number of hydrogen-bond acceptors (Lipinski definition) is 6. The first-order valence-electron chi connectivity index (χ1n) is 9.52. The quantitative estimate of drug-likeness (QED) is 0.676. The van der Waals surface area contributed by atoms with Crippen LogP contribution in [0.4, 0.5) is 11.8 Å². The molecule has 0 bridgehead atoms. The van der Waals surface area contributed by atoms with Crippen molar-refractivity contribution in [3.8, 4) is 5.75 Å². The van der Waals surface area contributed by atoms with Crippen molar-refractivity contribution in [3.05, 3.63) is 41.1 Å². The molecule has 1 aliphatic carbocycles. The van der Waals surface area contributed by atoms with Crippen LogP contribution in [0, 0.1) is 0 Å². The molecule has 0 fully saturated rings. The molecule has 0 amide bonds. The van der Waals surface area contributed by atoms with Crippen molar-refractivity contribution in [2.45, 2.75) is 39.2 Å². The Labute approximate surface area is 155 Å². The van der Waals surface area contributed by atoms with E-state index in [1.807, 2.05) is 19.2 Å². The molecule has 1 aromatic heterocycles. The topological polar surface area (TPSA) is 73.3 Å². The van der Waals surface area contributed by atoms with E-state index in [0.29, 0.717) is 12.3 Å². The van der Waals surface area contributed by atoms with Crippen LogP contribution in [0.3, 0.4) is 0 Å². The first-order valence-corrected chi connectivity index (χ1v) is 9.52. The second-order valence-corrected chi connectivity index (χ2v) is 6.71. The van der Waals surface area contributed by atoms with Crippen LogP contribution in [0.1, 0.15) is 36.6 Å². The number of nitrogens with zero attached hydrogens (tertiary/aromatic N) is 3. The van der Waals surface area contributed by atoms with Crippen LogP contribution in [0.2, 0.25) is 0 Å². The van der Waals surface area contributed by atoms with E-state index in [1.165, 1.54) is 24.1 Å². The van der Waals surface area contributed by atoms with Crippen molar-refractivity contribution in [2.75, 3.05) is 36.9 Å². The Kier molecular flexibility index (Phi) is 6.28. The Hall–Kier alpha value is -2.34. The van der Waals surface area contributed by atoms with Gasteiger partial charge in [-0.3, -0.25) is 0 Å². The zero-order valence-corrected chi connectivity index (χ0v) is 15.8. The van der Waals surface area contributed by atoms with Crippen LogP contribution in [-0.2, 0) is 19.4 Å². The van der Waals surface area contributed by atoms with Gasteiger partial charge in [-0.1, -0.05) is 12.1 Å². The summed E-state index contributed by atoms with van der Waals surface area (Å²) in [6.45, 7) is 5.51. The Morgan fingerprint density at radius 2 is 1.88 bits per heavy atom. The van der Waals surface area contributed by atoms with Crippen LogP contribution in [0.5, 0.6) is 5.75 Å². The average molecular weight is 355 g/mol. The maximum Gasteiger partial charge on any atom is 0.227 e. The average Bonchev–Trinajstić information content (AvgIpc) is 2.68. The van der Waals surface area contributed by atoms with Gasteiger partial charge < -0.3 is 20.6 Å². The second kappa shape index (κ2) is 8.85. The molecule has 140 valence electrons. The minimum atomic E-state index is 0.290. The highest BCUT2D eigenvalue weighted by Gasteiger charge is 2.19. The summed E-state index contributed by atoms with van der Waals surface area (Å²) in [5.41, 5.74) is 3.58. The van der Waals surface area contributed by atoms with Crippen molar-refractivity contribution in [2.24, 2.45) is 0 Å². The summed E-state index contributed by atoms with van der Waals surface area (Å²) in [7, 11) is 1.96. The van der Waals surface area contributed by atoms with Crippen molar-refractivity contribution in [3.63, 3.8) is 0 Å². The first kappa shape index (κ1) is 18.5. The van der Waals surface area contributed by atoms with Crippen molar-refractivity contribution < 1.29 is 5.11 Å². The maximum atomic E-state index is 9.44. The molecule has 0 spiro atoms. The molecule has 2 aromatic rings. The number of benzene rings is 1. The van der Waals surface area contributed by atoms with Gasteiger partial charge in [0.2, 0.25) is 5.95 Å². The van der Waals surface area contributed by atoms with Gasteiger partial charge in [0, 0.05) is 31.7 Å². The lowest BCUT2D eigenvalue weighted by atomic mass is 9.96. The Morgan fingerprint density at radius 3 is 2.62 bits per heavy atom. The normalized spacial score (nSPS) is 13.3. The van der Waals surface area contributed by atoms with Gasteiger partial charge >= 0.3 is 0 Å². The predicted molar refractivity (Wildman–Crippen MR) is 106 cm³/mol. The summed E-state index contributed by atoms with van der Waals surface area (Å²) in [6, 6.07) is 7.30. The number of aromatic nitrogens is 2. The SMILES string of the molecule is CCN(CCNC)c1nc2c(c(NCc3ccc(O)cc3)n1)CCCC2. The number of nitrogens with one attached hydrogen (secondary N) is 2. The molecule has 0 radical (unpaired) electrons. The molecular formula is C20H29N5O. The van der Waals surface area contributed by atoms with Crippen molar-refractivity contribution in [1.82, 2.24) is 15.3 Å². The van der Waals surface area contributed by atoms with Gasteiger partial charge in [-0.15, -0.1) is 0 Å². The van der Waals surface area contributed by atoms with Crippen LogP contribution in [0.25, 0.3) is 0 Å². The lowest BCUT2D eigenvalue weighted by Gasteiger charge is -2.25. The number of phenols is 1. The molecule has 3 rings (SSSR count). The molecule has 3 N–H and O–H groups in total. The number of anilines is 2. The molecule has 26 heavy (non-hydrogen) atoms. The number of hydrogen-bond donors (Lipinski definition) is 3. The lowest BCUT2D eigenvalue weighted by Crippen LogP contribution is -2.32. The number of phenolic OH excluding ortho intramolecular Hbond substituents is 1. The monoisotopic (exact) mass is 355 g/mol. The summed E-state index contributed by atoms with van der Waals surface area (Å²) in [4.78, 5) is 12.0. The standard InChI is InChI=1S/C20H29N5O/c1-3-25(13-12-21-2)20-23-18-7-5-4-6-17(18)19(24-20)22-14-15-8-10-16(26)11-9-15/h8-11,21,26H,3-7,12-14H2,1-2H3,(H,22,23,24). The fourth-order valence-electron chi connectivity index (χ4n) is 3.31. The minimum Gasteiger partial charge on any atom is -0.508 e.